The third-order valence-corrected chi connectivity index (χ3v) is 2.58. The third-order valence-electron chi connectivity index (χ3n) is 2.58. The Hall–Kier alpha value is -0.260. The van der Waals surface area contributed by atoms with E-state index in [1.807, 2.05) is 0 Å². The average Bonchev–Trinajstić information content (AvgIpc) is 2.69. The molecule has 0 radical (unpaired) electrons. The van der Waals surface area contributed by atoms with Gasteiger partial charge in [-0.2, -0.15) is 0 Å². The lowest BCUT2D eigenvalue weighted by Crippen LogP contribution is -2.00. The lowest BCUT2D eigenvalue weighted by Gasteiger charge is -2.13. The first kappa shape index (κ1) is 8.83. The molecule has 64 valence electrons. The van der Waals surface area contributed by atoms with Crippen molar-refractivity contribution in [3.63, 3.8) is 0 Å². The van der Waals surface area contributed by atoms with Crippen molar-refractivity contribution in [3.8, 4) is 0 Å². The first-order valence-electron chi connectivity index (χ1n) is 4.86. The summed E-state index contributed by atoms with van der Waals surface area (Å²) < 4.78 is 0. The summed E-state index contributed by atoms with van der Waals surface area (Å²) in [5, 5.41) is 0. The van der Waals surface area contributed by atoms with E-state index < -0.39 is 0 Å². The van der Waals surface area contributed by atoms with Crippen molar-refractivity contribution in [2.75, 3.05) is 0 Å². The van der Waals surface area contributed by atoms with Crippen LogP contribution in [-0.2, 0) is 0 Å². The number of rotatable bonds is 5. The van der Waals surface area contributed by atoms with Crippen LogP contribution in [0.1, 0.15) is 46.0 Å². The Kier molecular flexibility index (Phi) is 3.16. The molecule has 0 saturated heterocycles. The summed E-state index contributed by atoms with van der Waals surface area (Å²) in [6, 6.07) is 0. The Labute approximate surface area is 70.7 Å². The Morgan fingerprint density at radius 2 is 2.18 bits per heavy atom. The Bertz CT molecular complexity index is 131. The molecule has 0 N–H and O–H groups in total. The van der Waals surface area contributed by atoms with Crippen molar-refractivity contribution in [1.29, 1.82) is 0 Å². The number of allylic oxidation sites excluding steroid dienone is 1. The van der Waals surface area contributed by atoms with Crippen LogP contribution in [0, 0.1) is 11.8 Å². The van der Waals surface area contributed by atoms with Crippen molar-refractivity contribution in [3.05, 3.63) is 12.2 Å². The van der Waals surface area contributed by atoms with Crippen molar-refractivity contribution in [1.82, 2.24) is 0 Å². The van der Waals surface area contributed by atoms with Crippen molar-refractivity contribution in [2.24, 2.45) is 11.8 Å². The SMILES string of the molecule is C=C(C)CC(CC)CC1CC1. The molecule has 1 aliphatic rings. The molecule has 1 fully saturated rings. The molecule has 0 aromatic rings. The largest absolute Gasteiger partial charge is 0.100 e. The molecule has 0 nitrogen and oxygen atoms in total. The van der Waals surface area contributed by atoms with Crippen LogP contribution in [0.15, 0.2) is 12.2 Å². The van der Waals surface area contributed by atoms with Gasteiger partial charge in [-0.25, -0.2) is 0 Å². The summed E-state index contributed by atoms with van der Waals surface area (Å²) in [5.74, 6) is 2.01. The molecule has 0 heteroatoms. The molecule has 1 rings (SSSR count). The van der Waals surface area contributed by atoms with Gasteiger partial charge in [0.2, 0.25) is 0 Å². The van der Waals surface area contributed by atoms with E-state index in [2.05, 4.69) is 20.4 Å². The van der Waals surface area contributed by atoms with Crippen molar-refractivity contribution < 1.29 is 0 Å². The highest BCUT2D eigenvalue weighted by molar-refractivity contribution is 4.91. The Balaban J connectivity index is 2.17. The fourth-order valence-electron chi connectivity index (χ4n) is 1.71. The van der Waals surface area contributed by atoms with E-state index in [0.29, 0.717) is 0 Å². The number of hydrogen-bond donors (Lipinski definition) is 0. The van der Waals surface area contributed by atoms with Crippen molar-refractivity contribution in [2.45, 2.75) is 46.0 Å². The van der Waals surface area contributed by atoms with Gasteiger partial charge < -0.3 is 0 Å². The minimum Gasteiger partial charge on any atom is -0.100 e. The van der Waals surface area contributed by atoms with E-state index in [-0.39, 0.29) is 0 Å². The van der Waals surface area contributed by atoms with E-state index in [0.717, 1.165) is 11.8 Å². The Morgan fingerprint density at radius 1 is 1.55 bits per heavy atom. The molecule has 1 atom stereocenters. The summed E-state index contributed by atoms with van der Waals surface area (Å²) in [5.41, 5.74) is 1.36. The summed E-state index contributed by atoms with van der Waals surface area (Å²) in [4.78, 5) is 0. The molecule has 0 bridgehead atoms. The van der Waals surface area contributed by atoms with E-state index in [1.54, 1.807) is 0 Å². The van der Waals surface area contributed by atoms with Gasteiger partial charge in [0.15, 0.2) is 0 Å². The highest BCUT2D eigenvalue weighted by atomic mass is 14.3. The van der Waals surface area contributed by atoms with Gasteiger partial charge >= 0.3 is 0 Å². The summed E-state index contributed by atoms with van der Waals surface area (Å²) >= 11 is 0. The smallest absolute Gasteiger partial charge is 0.0297 e. The lowest BCUT2D eigenvalue weighted by molar-refractivity contribution is 0.439. The molecule has 0 heterocycles. The van der Waals surface area contributed by atoms with Crippen LogP contribution < -0.4 is 0 Å². The van der Waals surface area contributed by atoms with E-state index >= 15 is 0 Å². The minimum absolute atomic E-state index is 0.931. The fraction of sp³-hybridized carbons (Fsp3) is 0.818. The molecule has 0 spiro atoms. The highest BCUT2D eigenvalue weighted by Gasteiger charge is 2.24. The van der Waals surface area contributed by atoms with Gasteiger partial charge in [0.05, 0.1) is 0 Å². The zero-order valence-electron chi connectivity index (χ0n) is 7.90. The number of hydrogen-bond acceptors (Lipinski definition) is 0. The average molecular weight is 152 g/mol. The zero-order valence-corrected chi connectivity index (χ0v) is 7.90. The second kappa shape index (κ2) is 3.94. The topological polar surface area (TPSA) is 0 Å². The van der Waals surface area contributed by atoms with Crippen LogP contribution in [0.4, 0.5) is 0 Å². The van der Waals surface area contributed by atoms with Crippen LogP contribution in [0.25, 0.3) is 0 Å². The predicted molar refractivity (Wildman–Crippen MR) is 50.6 cm³/mol. The van der Waals surface area contributed by atoms with Crippen molar-refractivity contribution >= 4 is 0 Å². The molecule has 1 saturated carbocycles. The van der Waals surface area contributed by atoms with Gasteiger partial charge in [0.1, 0.15) is 0 Å². The standard InChI is InChI=1S/C11H20/c1-4-10(7-9(2)3)8-11-5-6-11/h10-11H,2,4-8H2,1,3H3. The molecule has 11 heavy (non-hydrogen) atoms. The monoisotopic (exact) mass is 152 g/mol. The summed E-state index contributed by atoms with van der Waals surface area (Å²) in [6.45, 7) is 8.42. The lowest BCUT2D eigenvalue weighted by atomic mass is 9.93. The minimum atomic E-state index is 0.931. The summed E-state index contributed by atoms with van der Waals surface area (Å²) in [6.07, 6.45) is 7.04. The molecular formula is C11H20. The first-order valence-corrected chi connectivity index (χ1v) is 4.86. The van der Waals surface area contributed by atoms with Crippen LogP contribution in [-0.4, -0.2) is 0 Å². The van der Waals surface area contributed by atoms with Gasteiger partial charge in [-0.05, 0) is 31.6 Å². The predicted octanol–water partition coefficient (Wildman–Crippen LogP) is 3.78. The quantitative estimate of drug-likeness (QED) is 0.526. The van der Waals surface area contributed by atoms with Gasteiger partial charge in [-0.3, -0.25) is 0 Å². The van der Waals surface area contributed by atoms with Gasteiger partial charge in [-0.1, -0.05) is 31.8 Å². The molecule has 1 unspecified atom stereocenters. The van der Waals surface area contributed by atoms with Gasteiger partial charge in [0, 0.05) is 0 Å². The third kappa shape index (κ3) is 3.60. The van der Waals surface area contributed by atoms with Crippen LogP contribution in [0.3, 0.4) is 0 Å². The van der Waals surface area contributed by atoms with E-state index in [1.165, 1.54) is 37.7 Å². The zero-order chi connectivity index (χ0) is 8.27. The van der Waals surface area contributed by atoms with Crippen LogP contribution in [0.5, 0.6) is 0 Å². The van der Waals surface area contributed by atoms with E-state index in [4.69, 9.17) is 0 Å². The Morgan fingerprint density at radius 3 is 2.55 bits per heavy atom. The molecule has 0 amide bonds. The summed E-state index contributed by atoms with van der Waals surface area (Å²) in [7, 11) is 0. The maximum absolute atomic E-state index is 3.97. The van der Waals surface area contributed by atoms with Gasteiger partial charge in [0.25, 0.3) is 0 Å². The highest BCUT2D eigenvalue weighted by Crippen LogP contribution is 2.37. The second-order valence-electron chi connectivity index (χ2n) is 4.11. The normalized spacial score (nSPS) is 19.8. The first-order chi connectivity index (χ1) is 5.22. The fourth-order valence-corrected chi connectivity index (χ4v) is 1.71. The maximum Gasteiger partial charge on any atom is -0.0297 e. The molecule has 0 aliphatic heterocycles. The van der Waals surface area contributed by atoms with Crippen LogP contribution in [0.2, 0.25) is 0 Å². The molecule has 1 aliphatic carbocycles. The van der Waals surface area contributed by atoms with Crippen LogP contribution >= 0.6 is 0 Å². The molecule has 0 aromatic carbocycles. The van der Waals surface area contributed by atoms with Gasteiger partial charge in [-0.15, -0.1) is 6.58 Å². The molecular weight excluding hydrogens is 132 g/mol. The second-order valence-corrected chi connectivity index (χ2v) is 4.11. The van der Waals surface area contributed by atoms with E-state index in [9.17, 15) is 0 Å². The maximum atomic E-state index is 3.97. The molecule has 0 aromatic heterocycles.